The molecule has 1 heterocycles. The lowest BCUT2D eigenvalue weighted by Gasteiger charge is -2.40. The summed E-state index contributed by atoms with van der Waals surface area (Å²) in [7, 11) is 0. The number of ether oxygens (including phenoxy) is 2. The van der Waals surface area contributed by atoms with Gasteiger partial charge >= 0.3 is 12.1 Å². The first kappa shape index (κ1) is 31.3. The van der Waals surface area contributed by atoms with E-state index in [2.05, 4.69) is 5.32 Å². The third kappa shape index (κ3) is 8.17. The quantitative estimate of drug-likeness (QED) is 0.400. The van der Waals surface area contributed by atoms with E-state index >= 15 is 0 Å². The first-order chi connectivity index (χ1) is 19.5. The van der Waals surface area contributed by atoms with Gasteiger partial charge in [0.25, 0.3) is 5.91 Å². The van der Waals surface area contributed by atoms with Gasteiger partial charge in [-0.05, 0) is 44.2 Å². The fraction of sp³-hybridized carbons (Fsp3) is 0.419. The number of esters is 1. The van der Waals surface area contributed by atoms with Gasteiger partial charge in [0.15, 0.2) is 6.10 Å². The zero-order valence-corrected chi connectivity index (χ0v) is 24.2. The number of hydrogen-bond donors (Lipinski definition) is 2. The van der Waals surface area contributed by atoms with Gasteiger partial charge in [0.05, 0.1) is 24.4 Å². The highest BCUT2D eigenvalue weighted by Gasteiger charge is 2.42. The standard InChI is InChI=1S/C31H39N3O7/c1-6-40-31(39)34-18-25(23-15-11-8-12-16-23)33(29(37)27(34)20(2)3)19-26(35)32-24(17-22-13-9-7-10-14-22)28(36)30(38)41-21(4)5/h7-16,18,20-21,24,27-28,36H,6,17,19H2,1-5H3,(H,32,35)/t24-,27?,28?/m0/s1. The van der Waals surface area contributed by atoms with Crippen molar-refractivity contribution in [1.82, 2.24) is 15.1 Å². The summed E-state index contributed by atoms with van der Waals surface area (Å²) in [5.41, 5.74) is 1.75. The van der Waals surface area contributed by atoms with Gasteiger partial charge in [-0.3, -0.25) is 19.4 Å². The molecule has 1 aliphatic heterocycles. The van der Waals surface area contributed by atoms with Crippen molar-refractivity contribution >= 4 is 29.6 Å². The van der Waals surface area contributed by atoms with Crippen LogP contribution in [-0.2, 0) is 30.3 Å². The smallest absolute Gasteiger partial charge is 0.414 e. The Bertz CT molecular complexity index is 1230. The van der Waals surface area contributed by atoms with Gasteiger partial charge in [0, 0.05) is 6.20 Å². The Morgan fingerprint density at radius 1 is 0.976 bits per heavy atom. The predicted molar refractivity (Wildman–Crippen MR) is 153 cm³/mol. The van der Waals surface area contributed by atoms with E-state index < -0.39 is 54.7 Å². The van der Waals surface area contributed by atoms with E-state index in [0.29, 0.717) is 11.3 Å². The first-order valence-corrected chi connectivity index (χ1v) is 13.8. The Kier molecular flexibility index (Phi) is 11.0. The number of carbonyl (C=O) groups excluding carboxylic acids is 4. The molecule has 0 aliphatic carbocycles. The van der Waals surface area contributed by atoms with Crippen LogP contribution in [0.15, 0.2) is 66.9 Å². The predicted octanol–water partition coefficient (Wildman–Crippen LogP) is 3.35. The Morgan fingerprint density at radius 2 is 1.59 bits per heavy atom. The van der Waals surface area contributed by atoms with Crippen LogP contribution in [0.4, 0.5) is 4.79 Å². The summed E-state index contributed by atoms with van der Waals surface area (Å²) in [5, 5.41) is 13.6. The number of nitrogens with zero attached hydrogens (tertiary/aromatic N) is 2. The fourth-order valence-corrected chi connectivity index (χ4v) is 4.62. The average molecular weight is 566 g/mol. The van der Waals surface area contributed by atoms with Gasteiger partial charge in [-0.15, -0.1) is 0 Å². The number of aliphatic hydroxyl groups is 1. The topological polar surface area (TPSA) is 125 Å². The van der Waals surface area contributed by atoms with Crippen molar-refractivity contribution in [3.63, 3.8) is 0 Å². The number of nitrogens with one attached hydrogen (secondary N) is 1. The van der Waals surface area contributed by atoms with Crippen LogP contribution in [0.25, 0.3) is 5.70 Å². The van der Waals surface area contributed by atoms with Crippen LogP contribution in [0.5, 0.6) is 0 Å². The summed E-state index contributed by atoms with van der Waals surface area (Å²) in [4.78, 5) is 55.4. The minimum atomic E-state index is -1.63. The molecule has 2 aromatic rings. The van der Waals surface area contributed by atoms with E-state index in [1.165, 1.54) is 16.0 Å². The van der Waals surface area contributed by atoms with Crippen LogP contribution in [0.3, 0.4) is 0 Å². The van der Waals surface area contributed by atoms with Crippen molar-refractivity contribution in [2.75, 3.05) is 13.2 Å². The van der Waals surface area contributed by atoms with E-state index in [-0.39, 0.29) is 18.9 Å². The van der Waals surface area contributed by atoms with Gasteiger partial charge in [-0.25, -0.2) is 9.59 Å². The third-order valence-electron chi connectivity index (χ3n) is 6.47. The summed E-state index contributed by atoms with van der Waals surface area (Å²) in [6, 6.07) is 16.1. The maximum absolute atomic E-state index is 13.9. The summed E-state index contributed by atoms with van der Waals surface area (Å²) in [6.07, 6.45) is -1.06. The zero-order valence-electron chi connectivity index (χ0n) is 24.2. The van der Waals surface area contributed by atoms with Crippen LogP contribution in [0, 0.1) is 5.92 Å². The average Bonchev–Trinajstić information content (AvgIpc) is 2.93. The molecule has 0 spiro atoms. The van der Waals surface area contributed by atoms with E-state index in [1.54, 1.807) is 58.9 Å². The van der Waals surface area contributed by atoms with Crippen molar-refractivity contribution in [1.29, 1.82) is 0 Å². The molecule has 3 amide bonds. The molecule has 0 fully saturated rings. The minimum absolute atomic E-state index is 0.138. The van der Waals surface area contributed by atoms with Crippen LogP contribution in [0.2, 0.25) is 0 Å². The molecule has 0 aromatic heterocycles. The summed E-state index contributed by atoms with van der Waals surface area (Å²) >= 11 is 0. The van der Waals surface area contributed by atoms with Gasteiger partial charge < -0.3 is 19.9 Å². The number of amides is 3. The van der Waals surface area contributed by atoms with Crippen molar-refractivity contribution < 1.29 is 33.8 Å². The van der Waals surface area contributed by atoms with Crippen molar-refractivity contribution in [2.45, 2.75) is 65.3 Å². The monoisotopic (exact) mass is 565 g/mol. The third-order valence-corrected chi connectivity index (χ3v) is 6.47. The van der Waals surface area contributed by atoms with Crippen LogP contribution < -0.4 is 5.32 Å². The van der Waals surface area contributed by atoms with Crippen molar-refractivity contribution in [3.05, 3.63) is 78.0 Å². The highest BCUT2D eigenvalue weighted by Crippen LogP contribution is 2.30. The number of hydrogen-bond acceptors (Lipinski definition) is 7. The van der Waals surface area contributed by atoms with E-state index in [0.717, 1.165) is 5.56 Å². The minimum Gasteiger partial charge on any atom is -0.461 e. The molecule has 0 bridgehead atoms. The Balaban J connectivity index is 1.94. The van der Waals surface area contributed by atoms with Crippen LogP contribution in [0.1, 0.15) is 45.7 Å². The van der Waals surface area contributed by atoms with Gasteiger partial charge in [0.1, 0.15) is 12.6 Å². The molecule has 2 N–H and O–H groups in total. The largest absolute Gasteiger partial charge is 0.461 e. The maximum Gasteiger partial charge on any atom is 0.414 e. The zero-order chi connectivity index (χ0) is 30.1. The molecule has 2 unspecified atom stereocenters. The first-order valence-electron chi connectivity index (χ1n) is 13.8. The van der Waals surface area contributed by atoms with Crippen LogP contribution in [-0.4, -0.2) is 76.2 Å². The molecule has 3 rings (SSSR count). The summed E-state index contributed by atoms with van der Waals surface area (Å²) < 4.78 is 10.4. The molecule has 2 aromatic carbocycles. The lowest BCUT2D eigenvalue weighted by molar-refractivity contribution is -0.159. The second kappa shape index (κ2) is 14.5. The molecular formula is C31H39N3O7. The number of carbonyl (C=O) groups is 4. The Labute approximate surface area is 240 Å². The Morgan fingerprint density at radius 3 is 2.15 bits per heavy atom. The highest BCUT2D eigenvalue weighted by atomic mass is 16.6. The lowest BCUT2D eigenvalue weighted by atomic mass is 9.97. The molecule has 10 heteroatoms. The molecule has 0 radical (unpaired) electrons. The number of benzene rings is 2. The van der Waals surface area contributed by atoms with Gasteiger partial charge in [0.2, 0.25) is 5.91 Å². The van der Waals surface area contributed by atoms with Gasteiger partial charge in [-0.2, -0.15) is 0 Å². The summed E-state index contributed by atoms with van der Waals surface area (Å²) in [5.74, 6) is -2.19. The molecule has 10 nitrogen and oxygen atoms in total. The summed E-state index contributed by atoms with van der Waals surface area (Å²) in [6.45, 7) is 8.36. The molecule has 0 saturated heterocycles. The molecule has 3 atom stereocenters. The number of rotatable bonds is 11. The lowest BCUT2D eigenvalue weighted by Crippen LogP contribution is -2.57. The molecule has 0 saturated carbocycles. The Hall–Kier alpha value is -4.18. The molecule has 220 valence electrons. The second-order valence-electron chi connectivity index (χ2n) is 10.4. The fourth-order valence-electron chi connectivity index (χ4n) is 4.62. The maximum atomic E-state index is 13.9. The van der Waals surface area contributed by atoms with E-state index in [1.807, 2.05) is 36.4 Å². The highest BCUT2D eigenvalue weighted by molar-refractivity contribution is 5.99. The van der Waals surface area contributed by atoms with E-state index in [4.69, 9.17) is 9.47 Å². The molecule has 41 heavy (non-hydrogen) atoms. The van der Waals surface area contributed by atoms with Crippen molar-refractivity contribution in [2.24, 2.45) is 5.92 Å². The second-order valence-corrected chi connectivity index (χ2v) is 10.4. The van der Waals surface area contributed by atoms with Crippen molar-refractivity contribution in [3.8, 4) is 0 Å². The molecule has 1 aliphatic rings. The molecular weight excluding hydrogens is 526 g/mol. The normalized spacial score (nSPS) is 16.7. The SMILES string of the molecule is CCOC(=O)N1C=C(c2ccccc2)N(CC(=O)N[C@@H](Cc2ccccc2)C(O)C(=O)OC(C)C)C(=O)C1C(C)C. The van der Waals surface area contributed by atoms with E-state index in [9.17, 15) is 24.3 Å². The van der Waals surface area contributed by atoms with Gasteiger partial charge in [-0.1, -0.05) is 74.5 Å². The van der Waals surface area contributed by atoms with Crippen LogP contribution >= 0.6 is 0 Å². The number of aliphatic hydroxyl groups excluding tert-OH is 1.